The summed E-state index contributed by atoms with van der Waals surface area (Å²) in [6.45, 7) is 8.49. The molecule has 1 aromatic heterocycles. The first-order valence-corrected chi connectivity index (χ1v) is 5.49. The van der Waals surface area contributed by atoms with Crippen LogP contribution >= 0.6 is 0 Å². The molecule has 0 radical (unpaired) electrons. The lowest BCUT2D eigenvalue weighted by Crippen LogP contribution is -2.09. The van der Waals surface area contributed by atoms with E-state index in [9.17, 15) is 0 Å². The number of nitrogen functional groups attached to an aromatic ring is 1. The van der Waals surface area contributed by atoms with Crippen molar-refractivity contribution >= 4 is 5.95 Å². The molecule has 1 heterocycles. The number of nitrogens with two attached hydrogens (primary N) is 1. The first-order valence-electron chi connectivity index (χ1n) is 5.49. The van der Waals surface area contributed by atoms with E-state index in [-0.39, 0.29) is 0 Å². The van der Waals surface area contributed by atoms with Gasteiger partial charge in [0.2, 0.25) is 5.95 Å². The first kappa shape index (κ1) is 11.9. The third-order valence-corrected chi connectivity index (χ3v) is 2.18. The van der Waals surface area contributed by atoms with Crippen LogP contribution in [0.2, 0.25) is 0 Å². The summed E-state index contributed by atoms with van der Waals surface area (Å²) in [5.41, 5.74) is 5.64. The van der Waals surface area contributed by atoms with Crippen LogP contribution in [-0.2, 0) is 6.42 Å². The Bertz CT molecular complexity index is 320. The van der Waals surface area contributed by atoms with Crippen LogP contribution in [0.25, 0.3) is 0 Å². The van der Waals surface area contributed by atoms with Gasteiger partial charge in [-0.3, -0.25) is 0 Å². The van der Waals surface area contributed by atoms with E-state index < -0.39 is 0 Å². The maximum atomic E-state index is 5.64. The molecule has 1 aromatic rings. The number of aromatic nitrogens is 3. The van der Waals surface area contributed by atoms with E-state index in [4.69, 9.17) is 5.73 Å². The summed E-state index contributed by atoms with van der Waals surface area (Å²) in [5, 5.41) is 0. The van der Waals surface area contributed by atoms with E-state index in [2.05, 4.69) is 42.6 Å². The largest absolute Gasteiger partial charge is 0.368 e. The van der Waals surface area contributed by atoms with Crippen molar-refractivity contribution in [2.45, 2.75) is 46.5 Å². The second kappa shape index (κ2) is 5.05. The Morgan fingerprint density at radius 1 is 1.07 bits per heavy atom. The Hall–Kier alpha value is -1.19. The number of nitrogens with zero attached hydrogens (tertiary/aromatic N) is 3. The molecule has 0 spiro atoms. The topological polar surface area (TPSA) is 64.7 Å². The third kappa shape index (κ3) is 3.81. The van der Waals surface area contributed by atoms with Gasteiger partial charge < -0.3 is 5.73 Å². The highest BCUT2D eigenvalue weighted by Crippen LogP contribution is 2.11. The maximum absolute atomic E-state index is 5.64. The molecule has 0 bridgehead atoms. The van der Waals surface area contributed by atoms with Crippen LogP contribution in [0.4, 0.5) is 5.95 Å². The van der Waals surface area contributed by atoms with E-state index in [1.807, 2.05) is 0 Å². The Morgan fingerprint density at radius 3 is 2.27 bits per heavy atom. The van der Waals surface area contributed by atoms with Gasteiger partial charge in [-0.1, -0.05) is 27.7 Å². The first-order chi connectivity index (χ1) is 6.99. The zero-order valence-electron chi connectivity index (χ0n) is 9.99. The Kier molecular flexibility index (Phi) is 4.00. The molecule has 1 rings (SSSR count). The number of hydrogen-bond donors (Lipinski definition) is 1. The van der Waals surface area contributed by atoms with Crippen molar-refractivity contribution in [3.05, 3.63) is 11.6 Å². The van der Waals surface area contributed by atoms with E-state index in [0.29, 0.717) is 17.8 Å². The zero-order chi connectivity index (χ0) is 11.4. The normalized spacial score (nSPS) is 11.3. The summed E-state index contributed by atoms with van der Waals surface area (Å²) in [6.07, 6.45) is 1.96. The number of aryl methyl sites for hydroxylation is 1. The van der Waals surface area contributed by atoms with Crippen LogP contribution in [0.15, 0.2) is 0 Å². The molecule has 0 saturated heterocycles. The van der Waals surface area contributed by atoms with Crippen molar-refractivity contribution in [2.75, 3.05) is 5.73 Å². The van der Waals surface area contributed by atoms with Gasteiger partial charge in [0.05, 0.1) is 0 Å². The van der Waals surface area contributed by atoms with Gasteiger partial charge in [0.25, 0.3) is 0 Å². The standard InChI is InChI=1S/C11H20N4/c1-7(2)5-6-9-13-10(8(3)4)15-11(12)14-9/h7-8H,5-6H2,1-4H3,(H2,12,13,14,15). The Labute approximate surface area is 91.3 Å². The molecule has 15 heavy (non-hydrogen) atoms. The third-order valence-electron chi connectivity index (χ3n) is 2.18. The predicted molar refractivity (Wildman–Crippen MR) is 61.5 cm³/mol. The average Bonchev–Trinajstić information content (AvgIpc) is 2.13. The van der Waals surface area contributed by atoms with Crippen molar-refractivity contribution in [1.82, 2.24) is 15.0 Å². The van der Waals surface area contributed by atoms with Crippen molar-refractivity contribution < 1.29 is 0 Å². The fourth-order valence-corrected chi connectivity index (χ4v) is 1.24. The van der Waals surface area contributed by atoms with Gasteiger partial charge in [-0.05, 0) is 12.3 Å². The highest BCUT2D eigenvalue weighted by molar-refractivity contribution is 5.17. The number of anilines is 1. The van der Waals surface area contributed by atoms with Gasteiger partial charge in [-0.25, -0.2) is 4.98 Å². The summed E-state index contributed by atoms with van der Waals surface area (Å²) in [7, 11) is 0. The lowest BCUT2D eigenvalue weighted by atomic mass is 10.1. The van der Waals surface area contributed by atoms with Gasteiger partial charge >= 0.3 is 0 Å². The average molecular weight is 208 g/mol. The van der Waals surface area contributed by atoms with E-state index in [1.54, 1.807) is 0 Å². The van der Waals surface area contributed by atoms with Gasteiger partial charge in [-0.15, -0.1) is 0 Å². The molecule has 0 aliphatic heterocycles. The van der Waals surface area contributed by atoms with E-state index in [0.717, 1.165) is 24.5 Å². The lowest BCUT2D eigenvalue weighted by Gasteiger charge is -2.08. The highest BCUT2D eigenvalue weighted by Gasteiger charge is 2.08. The Balaban J connectivity index is 2.79. The summed E-state index contributed by atoms with van der Waals surface area (Å²) < 4.78 is 0. The molecule has 84 valence electrons. The molecule has 0 unspecified atom stereocenters. The summed E-state index contributed by atoms with van der Waals surface area (Å²) in [5.74, 6) is 2.91. The van der Waals surface area contributed by atoms with Crippen LogP contribution in [0.1, 0.15) is 51.7 Å². The van der Waals surface area contributed by atoms with E-state index >= 15 is 0 Å². The minimum atomic E-state index is 0.299. The predicted octanol–water partition coefficient (Wildman–Crippen LogP) is 2.17. The maximum Gasteiger partial charge on any atom is 0.223 e. The molecular weight excluding hydrogens is 188 g/mol. The lowest BCUT2D eigenvalue weighted by molar-refractivity contribution is 0.570. The quantitative estimate of drug-likeness (QED) is 0.823. The number of hydrogen-bond acceptors (Lipinski definition) is 4. The van der Waals surface area contributed by atoms with Gasteiger partial charge in [0.1, 0.15) is 11.6 Å². The van der Waals surface area contributed by atoms with Gasteiger partial charge in [0.15, 0.2) is 0 Å². The monoisotopic (exact) mass is 208 g/mol. The van der Waals surface area contributed by atoms with Gasteiger partial charge in [-0.2, -0.15) is 9.97 Å². The van der Waals surface area contributed by atoms with Crippen LogP contribution in [0.5, 0.6) is 0 Å². The molecule has 0 atom stereocenters. The fourth-order valence-electron chi connectivity index (χ4n) is 1.24. The van der Waals surface area contributed by atoms with Crippen LogP contribution < -0.4 is 5.73 Å². The molecule has 0 amide bonds. The summed E-state index contributed by atoms with van der Waals surface area (Å²) in [4.78, 5) is 12.7. The molecule has 0 saturated carbocycles. The Morgan fingerprint density at radius 2 is 1.73 bits per heavy atom. The second-order valence-electron chi connectivity index (χ2n) is 4.56. The van der Waals surface area contributed by atoms with Crippen LogP contribution in [0.3, 0.4) is 0 Å². The molecule has 2 N–H and O–H groups in total. The molecule has 4 heteroatoms. The summed E-state index contributed by atoms with van der Waals surface area (Å²) >= 11 is 0. The van der Waals surface area contributed by atoms with Crippen LogP contribution in [-0.4, -0.2) is 15.0 Å². The highest BCUT2D eigenvalue weighted by atomic mass is 15.1. The SMILES string of the molecule is CC(C)CCc1nc(N)nc(C(C)C)n1. The molecular formula is C11H20N4. The van der Waals surface area contributed by atoms with Crippen molar-refractivity contribution in [1.29, 1.82) is 0 Å². The molecule has 0 fully saturated rings. The smallest absolute Gasteiger partial charge is 0.223 e. The van der Waals surface area contributed by atoms with Crippen molar-refractivity contribution in [3.63, 3.8) is 0 Å². The fraction of sp³-hybridized carbons (Fsp3) is 0.727. The van der Waals surface area contributed by atoms with Gasteiger partial charge in [0, 0.05) is 12.3 Å². The molecule has 4 nitrogen and oxygen atoms in total. The zero-order valence-corrected chi connectivity index (χ0v) is 9.99. The minimum Gasteiger partial charge on any atom is -0.368 e. The van der Waals surface area contributed by atoms with Crippen molar-refractivity contribution in [3.8, 4) is 0 Å². The second-order valence-corrected chi connectivity index (χ2v) is 4.56. The molecule has 0 aromatic carbocycles. The van der Waals surface area contributed by atoms with E-state index in [1.165, 1.54) is 0 Å². The van der Waals surface area contributed by atoms with Crippen molar-refractivity contribution in [2.24, 2.45) is 5.92 Å². The molecule has 0 aliphatic rings. The molecule has 0 aliphatic carbocycles. The van der Waals surface area contributed by atoms with Crippen LogP contribution in [0, 0.1) is 5.92 Å². The number of rotatable bonds is 4. The minimum absolute atomic E-state index is 0.299. The summed E-state index contributed by atoms with van der Waals surface area (Å²) in [6, 6.07) is 0.